The van der Waals surface area contributed by atoms with Crippen LogP contribution in [0.3, 0.4) is 0 Å². The fourth-order valence-corrected chi connectivity index (χ4v) is 4.82. The van der Waals surface area contributed by atoms with Crippen LogP contribution in [-0.2, 0) is 6.61 Å². The predicted octanol–water partition coefficient (Wildman–Crippen LogP) is 6.79. The summed E-state index contributed by atoms with van der Waals surface area (Å²) in [7, 11) is 0. The highest BCUT2D eigenvalue weighted by Crippen LogP contribution is 2.30. The third-order valence-corrected chi connectivity index (χ3v) is 7.20. The van der Waals surface area contributed by atoms with Crippen molar-refractivity contribution in [1.82, 2.24) is 19.5 Å². The second-order valence-corrected chi connectivity index (χ2v) is 10.7. The fraction of sp³-hybridized carbons (Fsp3) is 0.280. The fourth-order valence-electron chi connectivity index (χ4n) is 3.54. The molecule has 0 radical (unpaired) electrons. The maximum absolute atomic E-state index is 13.4. The predicted molar refractivity (Wildman–Crippen MR) is 141 cm³/mol. The summed E-state index contributed by atoms with van der Waals surface area (Å²) < 4.78 is 7.57. The number of aromatic nitrogens is 4. The van der Waals surface area contributed by atoms with Gasteiger partial charge in [-0.3, -0.25) is 9.36 Å². The Morgan fingerprint density at radius 3 is 2.62 bits per heavy atom. The van der Waals surface area contributed by atoms with Gasteiger partial charge in [0.1, 0.15) is 22.7 Å². The second kappa shape index (κ2) is 9.98. The van der Waals surface area contributed by atoms with Crippen LogP contribution in [0.25, 0.3) is 16.9 Å². The van der Waals surface area contributed by atoms with E-state index in [0.717, 1.165) is 28.2 Å². The van der Waals surface area contributed by atoms with Crippen molar-refractivity contribution in [3.63, 3.8) is 0 Å². The van der Waals surface area contributed by atoms with Crippen LogP contribution in [0, 0.1) is 20.8 Å². The summed E-state index contributed by atoms with van der Waals surface area (Å²) in [5, 5.41) is 2.46. The molecule has 4 rings (SSSR count). The summed E-state index contributed by atoms with van der Waals surface area (Å²) in [6.07, 6.45) is 1.82. The average Bonchev–Trinajstić information content (AvgIpc) is 3.22. The number of hydrogen-bond donors (Lipinski definition) is 0. The van der Waals surface area contributed by atoms with Gasteiger partial charge in [0.2, 0.25) is 5.88 Å². The summed E-state index contributed by atoms with van der Waals surface area (Å²) in [6.45, 7) is 10.2. The lowest BCUT2D eigenvalue weighted by atomic mass is 10.1. The van der Waals surface area contributed by atoms with Crippen molar-refractivity contribution in [3.05, 3.63) is 83.3 Å². The molecule has 0 amide bonds. The van der Waals surface area contributed by atoms with Crippen molar-refractivity contribution < 1.29 is 4.74 Å². The molecule has 0 saturated heterocycles. The van der Waals surface area contributed by atoms with E-state index in [1.165, 1.54) is 9.44 Å². The van der Waals surface area contributed by atoms with Crippen LogP contribution in [0.2, 0.25) is 5.02 Å². The van der Waals surface area contributed by atoms with Gasteiger partial charge in [0.15, 0.2) is 0 Å². The molecule has 1 aromatic carbocycles. The van der Waals surface area contributed by atoms with Crippen molar-refractivity contribution in [3.8, 4) is 22.8 Å². The minimum Gasteiger partial charge on any atom is -0.472 e. The molecular weight excluding hydrogens is 536 g/mol. The van der Waals surface area contributed by atoms with Crippen LogP contribution in [0.4, 0.5) is 0 Å². The van der Waals surface area contributed by atoms with E-state index in [-0.39, 0.29) is 21.8 Å². The maximum Gasteiger partial charge on any atom is 0.276 e. The zero-order valence-electron chi connectivity index (χ0n) is 19.5. The minimum absolute atomic E-state index is 0.196. The normalized spacial score (nSPS) is 11.3. The summed E-state index contributed by atoms with van der Waals surface area (Å²) in [4.78, 5) is 28.3. The standard InChI is InChI=1S/C25H24BrClN4O2S/c1-13(2)23-28-10-14(3)22(30-23)18-6-7-19(27)20(9-18)31-16(5)29-24(21(26)25(31)32)33-11-17-8-15(4)34-12-17/h6-10,12-13H,11H2,1-5H3. The second-order valence-electron chi connectivity index (χ2n) is 8.35. The number of rotatable bonds is 6. The molecule has 0 saturated carbocycles. The third-order valence-electron chi connectivity index (χ3n) is 5.29. The van der Waals surface area contributed by atoms with E-state index < -0.39 is 0 Å². The Bertz CT molecular complexity index is 1430. The number of halogens is 2. The molecule has 176 valence electrons. The number of nitrogens with zero attached hydrogens (tertiary/aromatic N) is 4. The first kappa shape index (κ1) is 24.6. The monoisotopic (exact) mass is 558 g/mol. The highest BCUT2D eigenvalue weighted by Gasteiger charge is 2.19. The van der Waals surface area contributed by atoms with Crippen molar-refractivity contribution in [1.29, 1.82) is 0 Å². The van der Waals surface area contributed by atoms with E-state index in [1.54, 1.807) is 24.3 Å². The van der Waals surface area contributed by atoms with Gasteiger partial charge in [-0.2, -0.15) is 4.98 Å². The Morgan fingerprint density at radius 1 is 1.18 bits per heavy atom. The molecule has 4 aromatic rings. The van der Waals surface area contributed by atoms with Gasteiger partial charge < -0.3 is 4.74 Å². The van der Waals surface area contributed by atoms with Crippen molar-refractivity contribution in [2.75, 3.05) is 0 Å². The molecule has 0 spiro atoms. The van der Waals surface area contributed by atoms with Crippen molar-refractivity contribution >= 4 is 38.9 Å². The summed E-state index contributed by atoms with van der Waals surface area (Å²) in [5.74, 6) is 1.67. The van der Waals surface area contributed by atoms with Gasteiger partial charge in [0, 0.05) is 28.1 Å². The molecule has 0 atom stereocenters. The van der Waals surface area contributed by atoms with Gasteiger partial charge in [0.05, 0.1) is 16.4 Å². The van der Waals surface area contributed by atoms with Crippen LogP contribution < -0.4 is 10.3 Å². The Balaban J connectivity index is 1.76. The van der Waals surface area contributed by atoms with E-state index in [1.807, 2.05) is 37.6 Å². The van der Waals surface area contributed by atoms with Crippen LogP contribution in [0.5, 0.6) is 5.88 Å². The van der Waals surface area contributed by atoms with E-state index in [2.05, 4.69) is 45.8 Å². The van der Waals surface area contributed by atoms with Crippen LogP contribution in [0.1, 0.15) is 47.4 Å². The smallest absolute Gasteiger partial charge is 0.276 e. The zero-order chi connectivity index (χ0) is 24.6. The molecule has 34 heavy (non-hydrogen) atoms. The molecule has 0 N–H and O–H groups in total. The molecule has 0 fully saturated rings. The summed E-state index contributed by atoms with van der Waals surface area (Å²) in [6, 6.07) is 7.58. The Hall–Kier alpha value is -2.55. The Morgan fingerprint density at radius 2 is 1.94 bits per heavy atom. The van der Waals surface area contributed by atoms with Gasteiger partial charge in [-0.1, -0.05) is 31.5 Å². The molecular formula is C25H24BrClN4O2S. The van der Waals surface area contributed by atoms with E-state index in [9.17, 15) is 4.79 Å². The quantitative estimate of drug-likeness (QED) is 0.260. The number of thiophene rings is 1. The Kier molecular flexibility index (Phi) is 7.21. The molecule has 0 aliphatic carbocycles. The van der Waals surface area contributed by atoms with Crippen LogP contribution >= 0.6 is 38.9 Å². The third kappa shape index (κ3) is 4.94. The molecule has 0 unspecified atom stereocenters. The number of benzene rings is 1. The first-order valence-corrected chi connectivity index (χ1v) is 12.8. The lowest BCUT2D eigenvalue weighted by Crippen LogP contribution is -2.24. The Labute approximate surface area is 215 Å². The van der Waals surface area contributed by atoms with E-state index in [0.29, 0.717) is 23.1 Å². The molecule has 0 aliphatic rings. The highest BCUT2D eigenvalue weighted by atomic mass is 79.9. The molecule has 6 nitrogen and oxygen atoms in total. The van der Waals surface area contributed by atoms with Gasteiger partial charge in [-0.05, 0) is 65.8 Å². The molecule has 9 heteroatoms. The molecule has 3 heterocycles. The first-order valence-electron chi connectivity index (χ1n) is 10.8. The number of aryl methyl sites for hydroxylation is 3. The lowest BCUT2D eigenvalue weighted by molar-refractivity contribution is 0.289. The van der Waals surface area contributed by atoms with Crippen LogP contribution in [-0.4, -0.2) is 19.5 Å². The van der Waals surface area contributed by atoms with Crippen molar-refractivity contribution in [2.24, 2.45) is 0 Å². The maximum atomic E-state index is 13.4. The van der Waals surface area contributed by atoms with Gasteiger partial charge in [-0.25, -0.2) is 9.97 Å². The topological polar surface area (TPSA) is 69.9 Å². The first-order chi connectivity index (χ1) is 16.2. The molecule has 0 aliphatic heterocycles. The summed E-state index contributed by atoms with van der Waals surface area (Å²) in [5.41, 5.74) is 3.85. The average molecular weight is 560 g/mol. The minimum atomic E-state index is -0.301. The zero-order valence-corrected chi connectivity index (χ0v) is 22.7. The summed E-state index contributed by atoms with van der Waals surface area (Å²) >= 11 is 11.6. The number of hydrogen-bond acceptors (Lipinski definition) is 6. The van der Waals surface area contributed by atoms with E-state index >= 15 is 0 Å². The van der Waals surface area contributed by atoms with Gasteiger partial charge in [-0.15, -0.1) is 11.3 Å². The number of ether oxygens (including phenoxy) is 1. The lowest BCUT2D eigenvalue weighted by Gasteiger charge is -2.16. The van der Waals surface area contributed by atoms with Crippen LogP contribution in [0.15, 0.2) is 45.1 Å². The highest BCUT2D eigenvalue weighted by molar-refractivity contribution is 9.10. The van der Waals surface area contributed by atoms with Gasteiger partial charge in [0.25, 0.3) is 5.56 Å². The largest absolute Gasteiger partial charge is 0.472 e. The van der Waals surface area contributed by atoms with E-state index in [4.69, 9.17) is 21.3 Å². The molecule has 3 aromatic heterocycles. The van der Waals surface area contributed by atoms with Gasteiger partial charge >= 0.3 is 0 Å². The van der Waals surface area contributed by atoms with Crippen molar-refractivity contribution in [2.45, 2.75) is 47.1 Å². The molecule has 0 bridgehead atoms. The SMILES string of the molecule is Cc1cc(COc2nc(C)n(-c3cc(-c4nc(C(C)C)ncc4C)ccc3Cl)c(=O)c2Br)cs1.